The molecule has 1 aromatic carbocycles. The fraction of sp³-hybridized carbons (Fsp3) is 0.364. The molecule has 1 amide bonds. The monoisotopic (exact) mass is 409 g/mol. The Balaban J connectivity index is 1.43. The van der Waals surface area contributed by atoms with Crippen LogP contribution in [-0.2, 0) is 17.8 Å². The maximum Gasteiger partial charge on any atom is 0.267 e. The van der Waals surface area contributed by atoms with Crippen LogP contribution in [0.4, 0.5) is 15.8 Å². The van der Waals surface area contributed by atoms with Crippen molar-refractivity contribution in [2.45, 2.75) is 26.8 Å². The number of nitrogens with zero attached hydrogens (tertiary/aromatic N) is 4. The Labute approximate surface area is 174 Å². The van der Waals surface area contributed by atoms with Gasteiger partial charge in [0.15, 0.2) is 5.78 Å². The van der Waals surface area contributed by atoms with Gasteiger partial charge in [0, 0.05) is 39.1 Å². The Kier molecular flexibility index (Phi) is 5.34. The van der Waals surface area contributed by atoms with E-state index in [-0.39, 0.29) is 11.5 Å². The van der Waals surface area contributed by atoms with E-state index in [1.54, 1.807) is 13.0 Å². The zero-order chi connectivity index (χ0) is 21.4. The number of ketones is 1. The van der Waals surface area contributed by atoms with Gasteiger partial charge in [0.2, 0.25) is 5.95 Å². The number of carbonyl (C=O) groups is 2. The minimum atomic E-state index is -0.742. The van der Waals surface area contributed by atoms with E-state index >= 15 is 0 Å². The number of rotatable bonds is 4. The number of piperazine rings is 1. The number of amides is 1. The minimum absolute atomic E-state index is 0.0734. The molecular formula is C22H24FN5O2. The average molecular weight is 409 g/mol. The summed E-state index contributed by atoms with van der Waals surface area (Å²) < 4.78 is 14.3. The molecule has 0 atom stereocenters. The second-order valence-corrected chi connectivity index (χ2v) is 7.78. The van der Waals surface area contributed by atoms with Gasteiger partial charge in [-0.05, 0) is 48.7 Å². The topological polar surface area (TPSA) is 91.9 Å². The number of fused-ring (bicyclic) bond motifs is 1. The van der Waals surface area contributed by atoms with E-state index in [1.165, 1.54) is 11.6 Å². The Hall–Kier alpha value is -3.13. The highest BCUT2D eigenvalue weighted by atomic mass is 19.1. The van der Waals surface area contributed by atoms with Crippen molar-refractivity contribution in [2.24, 2.45) is 10.7 Å². The molecule has 0 spiro atoms. The van der Waals surface area contributed by atoms with E-state index < -0.39 is 11.9 Å². The summed E-state index contributed by atoms with van der Waals surface area (Å²) in [6, 6.07) is 7.09. The van der Waals surface area contributed by atoms with E-state index in [4.69, 9.17) is 5.73 Å². The third-order valence-corrected chi connectivity index (χ3v) is 5.90. The number of hydrogen-bond donors (Lipinski definition) is 1. The summed E-state index contributed by atoms with van der Waals surface area (Å²) in [5.41, 5.74) is 10.2. The molecule has 1 saturated heterocycles. The summed E-state index contributed by atoms with van der Waals surface area (Å²) in [4.78, 5) is 35.5. The normalized spacial score (nSPS) is 17.0. The predicted molar refractivity (Wildman–Crippen MR) is 113 cm³/mol. The lowest BCUT2D eigenvalue weighted by Gasteiger charge is -2.36. The lowest BCUT2D eigenvalue weighted by Crippen LogP contribution is -2.46. The molecule has 0 bridgehead atoms. The van der Waals surface area contributed by atoms with E-state index in [1.807, 2.05) is 11.0 Å². The number of carbonyl (C=O) groups excluding carboxylic acids is 2. The molecule has 8 heteroatoms. The molecule has 4 rings (SSSR count). The molecule has 156 valence electrons. The van der Waals surface area contributed by atoms with Gasteiger partial charge in [0.1, 0.15) is 5.69 Å². The summed E-state index contributed by atoms with van der Waals surface area (Å²) in [6.45, 7) is 7.42. The smallest absolute Gasteiger partial charge is 0.267 e. The lowest BCUT2D eigenvalue weighted by atomic mass is 9.93. The summed E-state index contributed by atoms with van der Waals surface area (Å²) in [5.74, 6) is -1.34. The molecule has 2 aromatic rings. The molecule has 0 unspecified atom stereocenters. The first-order valence-electron chi connectivity index (χ1n) is 9.97. The van der Waals surface area contributed by atoms with Crippen molar-refractivity contribution in [2.75, 3.05) is 31.1 Å². The largest absolute Gasteiger partial charge is 0.365 e. The first kappa shape index (κ1) is 20.2. The Morgan fingerprint density at radius 1 is 1.13 bits per heavy atom. The number of benzene rings is 1. The summed E-state index contributed by atoms with van der Waals surface area (Å²) in [5, 5.41) is 0. The standard InChI is InChI=1S/C22H24FN5O2/c1-13-15(3-4-17-16(13)11-20(29)14(2)25-17)12-27-7-9-28(10-8-27)19-6-5-18(22(24)30)26-21(19)23/h3-6H,7-12H2,1-2H3,(H2,24,30). The van der Waals surface area contributed by atoms with Crippen molar-refractivity contribution in [1.29, 1.82) is 0 Å². The highest BCUT2D eigenvalue weighted by Crippen LogP contribution is 2.30. The molecule has 2 N–H and O–H groups in total. The molecule has 2 aliphatic heterocycles. The number of aromatic nitrogens is 1. The number of aliphatic imine (C=N–C) groups is 1. The highest BCUT2D eigenvalue weighted by Gasteiger charge is 2.24. The van der Waals surface area contributed by atoms with Gasteiger partial charge in [-0.1, -0.05) is 6.07 Å². The Morgan fingerprint density at radius 3 is 2.53 bits per heavy atom. The van der Waals surface area contributed by atoms with E-state index in [0.717, 1.165) is 36.4 Å². The van der Waals surface area contributed by atoms with Gasteiger partial charge in [0.25, 0.3) is 5.91 Å². The van der Waals surface area contributed by atoms with Crippen LogP contribution in [0.15, 0.2) is 29.3 Å². The molecule has 0 radical (unpaired) electrons. The van der Waals surface area contributed by atoms with Crippen LogP contribution in [0.3, 0.4) is 0 Å². The number of nitrogens with two attached hydrogens (primary N) is 1. The van der Waals surface area contributed by atoms with Crippen LogP contribution in [0.25, 0.3) is 0 Å². The molecule has 0 saturated carbocycles. The molecule has 1 fully saturated rings. The van der Waals surface area contributed by atoms with Crippen molar-refractivity contribution < 1.29 is 14.0 Å². The van der Waals surface area contributed by atoms with Crippen molar-refractivity contribution in [3.8, 4) is 0 Å². The maximum atomic E-state index is 14.3. The highest BCUT2D eigenvalue weighted by molar-refractivity contribution is 6.40. The fourth-order valence-electron chi connectivity index (χ4n) is 4.01. The number of pyridine rings is 1. The van der Waals surface area contributed by atoms with Gasteiger partial charge in [0.05, 0.1) is 17.1 Å². The zero-order valence-corrected chi connectivity index (χ0v) is 17.1. The van der Waals surface area contributed by atoms with Crippen molar-refractivity contribution >= 4 is 28.8 Å². The van der Waals surface area contributed by atoms with Gasteiger partial charge in [-0.25, -0.2) is 9.98 Å². The van der Waals surface area contributed by atoms with Crippen LogP contribution in [-0.4, -0.2) is 53.5 Å². The van der Waals surface area contributed by atoms with Gasteiger partial charge in [-0.2, -0.15) is 4.39 Å². The van der Waals surface area contributed by atoms with E-state index in [0.29, 0.717) is 30.9 Å². The molecule has 0 aliphatic carbocycles. The van der Waals surface area contributed by atoms with E-state index in [2.05, 4.69) is 27.9 Å². The number of hydrogen-bond acceptors (Lipinski definition) is 6. The first-order valence-corrected chi connectivity index (χ1v) is 9.97. The van der Waals surface area contributed by atoms with Crippen LogP contribution < -0.4 is 10.6 Å². The van der Waals surface area contributed by atoms with Crippen molar-refractivity contribution in [3.05, 3.63) is 52.6 Å². The maximum absolute atomic E-state index is 14.3. The summed E-state index contributed by atoms with van der Waals surface area (Å²) in [7, 11) is 0. The molecule has 2 aliphatic rings. The van der Waals surface area contributed by atoms with E-state index in [9.17, 15) is 14.0 Å². The fourth-order valence-corrected chi connectivity index (χ4v) is 4.01. The molecule has 3 heterocycles. The number of halogens is 1. The van der Waals surface area contributed by atoms with Gasteiger partial charge in [-0.15, -0.1) is 0 Å². The number of Topliss-reactive ketones (excluding diaryl/α,β-unsaturated/α-hetero) is 1. The second-order valence-electron chi connectivity index (χ2n) is 7.78. The molecular weight excluding hydrogens is 385 g/mol. The van der Waals surface area contributed by atoms with Crippen LogP contribution in [0.5, 0.6) is 0 Å². The van der Waals surface area contributed by atoms with Crippen LogP contribution in [0.2, 0.25) is 0 Å². The Bertz CT molecular complexity index is 1060. The third-order valence-electron chi connectivity index (χ3n) is 5.90. The van der Waals surface area contributed by atoms with Crippen molar-refractivity contribution in [3.63, 3.8) is 0 Å². The third kappa shape index (κ3) is 3.82. The average Bonchev–Trinajstić information content (AvgIpc) is 2.72. The van der Waals surface area contributed by atoms with Crippen LogP contribution in [0.1, 0.15) is 34.1 Å². The van der Waals surface area contributed by atoms with Gasteiger partial charge >= 0.3 is 0 Å². The lowest BCUT2D eigenvalue weighted by molar-refractivity contribution is -0.112. The first-order chi connectivity index (χ1) is 14.3. The second kappa shape index (κ2) is 7.95. The van der Waals surface area contributed by atoms with Gasteiger partial charge in [-0.3, -0.25) is 14.5 Å². The molecule has 7 nitrogen and oxygen atoms in total. The summed E-state index contributed by atoms with van der Waals surface area (Å²) >= 11 is 0. The SMILES string of the molecule is CC1=Nc2ccc(CN3CCN(c4ccc(C(N)=O)nc4F)CC3)c(C)c2CC1=O. The van der Waals surface area contributed by atoms with Crippen LogP contribution in [0, 0.1) is 12.9 Å². The number of anilines is 1. The van der Waals surface area contributed by atoms with Gasteiger partial charge < -0.3 is 10.6 Å². The predicted octanol–water partition coefficient (Wildman–Crippen LogP) is 2.17. The summed E-state index contributed by atoms with van der Waals surface area (Å²) in [6.07, 6.45) is 0.408. The molecule has 30 heavy (non-hydrogen) atoms. The molecule has 1 aromatic heterocycles. The van der Waals surface area contributed by atoms with Crippen molar-refractivity contribution in [1.82, 2.24) is 9.88 Å². The minimum Gasteiger partial charge on any atom is -0.365 e. The quantitative estimate of drug-likeness (QED) is 0.782. The number of primary amides is 1. The van der Waals surface area contributed by atoms with Crippen LogP contribution >= 0.6 is 0 Å². The zero-order valence-electron chi connectivity index (χ0n) is 17.1. The Morgan fingerprint density at radius 2 is 1.87 bits per heavy atom.